The molecule has 39 heavy (non-hydrogen) atoms. The Hall–Kier alpha value is -3.78. The molecule has 7 nitrogen and oxygen atoms in total. The zero-order valence-electron chi connectivity index (χ0n) is 21.4. The van der Waals surface area contributed by atoms with Gasteiger partial charge in [0.25, 0.3) is 0 Å². The van der Waals surface area contributed by atoms with E-state index in [2.05, 4.69) is 15.9 Å². The number of aromatic hydroxyl groups is 1. The van der Waals surface area contributed by atoms with Crippen LogP contribution in [-0.4, -0.2) is 35.1 Å². The number of amides is 2. The van der Waals surface area contributed by atoms with Crippen LogP contribution in [0.4, 0.5) is 5.69 Å². The van der Waals surface area contributed by atoms with Crippen molar-refractivity contribution in [2.24, 2.45) is 17.8 Å². The molecule has 1 fully saturated rings. The number of Topliss-reactive ketones (excluding diaryl/α,β-unsaturated/α-hetero) is 1. The first-order chi connectivity index (χ1) is 18.7. The van der Waals surface area contributed by atoms with E-state index in [1.165, 1.54) is 17.0 Å². The Morgan fingerprint density at radius 3 is 2.49 bits per heavy atom. The second-order valence-corrected chi connectivity index (χ2v) is 11.3. The first kappa shape index (κ1) is 25.5. The first-order valence-corrected chi connectivity index (χ1v) is 13.8. The van der Waals surface area contributed by atoms with Crippen molar-refractivity contribution < 1.29 is 29.0 Å². The summed E-state index contributed by atoms with van der Waals surface area (Å²) in [5, 5.41) is 10.3. The van der Waals surface area contributed by atoms with Gasteiger partial charge in [-0.1, -0.05) is 33.6 Å². The molecule has 2 amide bonds. The van der Waals surface area contributed by atoms with Gasteiger partial charge in [0.05, 0.1) is 24.1 Å². The molecule has 6 rings (SSSR count). The average Bonchev–Trinajstić information content (AvgIpc) is 3.18. The van der Waals surface area contributed by atoms with E-state index in [1.807, 2.05) is 13.0 Å². The van der Waals surface area contributed by atoms with Crippen molar-refractivity contribution in [2.45, 2.75) is 32.6 Å². The monoisotopic (exact) mass is 587 g/mol. The lowest BCUT2D eigenvalue weighted by Gasteiger charge is -2.42. The van der Waals surface area contributed by atoms with Gasteiger partial charge in [0, 0.05) is 27.1 Å². The maximum Gasteiger partial charge on any atom is 0.238 e. The Morgan fingerprint density at radius 2 is 1.77 bits per heavy atom. The molecule has 4 atom stereocenters. The first-order valence-electron chi connectivity index (χ1n) is 13.0. The molecular formula is C31H26BrNO6. The summed E-state index contributed by atoms with van der Waals surface area (Å²) < 4.78 is 6.46. The van der Waals surface area contributed by atoms with E-state index in [9.17, 15) is 24.3 Å². The highest BCUT2D eigenvalue weighted by molar-refractivity contribution is 9.10. The van der Waals surface area contributed by atoms with E-state index in [0.29, 0.717) is 41.0 Å². The van der Waals surface area contributed by atoms with E-state index in [4.69, 9.17) is 4.74 Å². The smallest absolute Gasteiger partial charge is 0.238 e. The number of phenols is 1. The van der Waals surface area contributed by atoms with E-state index in [-0.39, 0.29) is 41.3 Å². The van der Waals surface area contributed by atoms with Crippen LogP contribution < -0.4 is 9.64 Å². The topological polar surface area (TPSA) is 101 Å². The van der Waals surface area contributed by atoms with E-state index >= 15 is 0 Å². The molecule has 4 aliphatic rings. The van der Waals surface area contributed by atoms with Crippen molar-refractivity contribution in [3.8, 4) is 11.5 Å². The van der Waals surface area contributed by atoms with Crippen LogP contribution in [0.15, 0.2) is 81.4 Å². The molecule has 1 N–H and O–H groups in total. The summed E-state index contributed by atoms with van der Waals surface area (Å²) in [5.41, 5.74) is 3.23. The van der Waals surface area contributed by atoms with Gasteiger partial charge in [-0.25, -0.2) is 0 Å². The van der Waals surface area contributed by atoms with Gasteiger partial charge in [-0.2, -0.15) is 0 Å². The number of nitrogens with zero attached hydrogens (tertiary/aromatic N) is 1. The minimum atomic E-state index is -0.643. The van der Waals surface area contributed by atoms with Crippen molar-refractivity contribution in [3.05, 3.63) is 86.9 Å². The number of carbonyl (C=O) groups is 4. The molecule has 0 radical (unpaired) electrons. The van der Waals surface area contributed by atoms with Gasteiger partial charge in [-0.3, -0.25) is 24.1 Å². The van der Waals surface area contributed by atoms with Crippen LogP contribution in [0.5, 0.6) is 11.5 Å². The van der Waals surface area contributed by atoms with Crippen molar-refractivity contribution in [2.75, 3.05) is 11.5 Å². The second-order valence-electron chi connectivity index (χ2n) is 10.4. The van der Waals surface area contributed by atoms with Gasteiger partial charge < -0.3 is 9.84 Å². The summed E-state index contributed by atoms with van der Waals surface area (Å²) in [6.07, 6.45) is 3.94. The average molecular weight is 588 g/mol. The van der Waals surface area contributed by atoms with Crippen LogP contribution in [0.25, 0.3) is 0 Å². The summed E-state index contributed by atoms with van der Waals surface area (Å²) in [7, 11) is 0. The molecule has 2 aromatic carbocycles. The minimum Gasteiger partial charge on any atom is -0.504 e. The Morgan fingerprint density at radius 1 is 1.03 bits per heavy atom. The Kier molecular flexibility index (Phi) is 6.18. The number of rotatable bonds is 4. The van der Waals surface area contributed by atoms with Crippen LogP contribution in [0.1, 0.15) is 38.2 Å². The molecule has 198 valence electrons. The Labute approximate surface area is 234 Å². The molecule has 3 aliphatic carbocycles. The number of hydrogen-bond acceptors (Lipinski definition) is 6. The lowest BCUT2D eigenvalue weighted by Crippen LogP contribution is -2.39. The number of phenolic OH excluding ortho intramolecular Hbond substituents is 1. The number of anilines is 1. The summed E-state index contributed by atoms with van der Waals surface area (Å²) in [6.45, 7) is 3.78. The molecule has 8 heteroatoms. The maximum absolute atomic E-state index is 13.9. The van der Waals surface area contributed by atoms with E-state index in [0.717, 1.165) is 10.0 Å². The summed E-state index contributed by atoms with van der Waals surface area (Å²) in [5.74, 6) is -2.91. The molecule has 1 aliphatic heterocycles. The number of ketones is 2. The van der Waals surface area contributed by atoms with Gasteiger partial charge in [0.15, 0.2) is 23.1 Å². The molecule has 0 bridgehead atoms. The third kappa shape index (κ3) is 3.92. The van der Waals surface area contributed by atoms with Crippen LogP contribution in [0.3, 0.4) is 0 Å². The van der Waals surface area contributed by atoms with Gasteiger partial charge in [-0.05, 0) is 80.6 Å². The highest BCUT2D eigenvalue weighted by Crippen LogP contribution is 2.55. The van der Waals surface area contributed by atoms with Crippen LogP contribution in [0.2, 0.25) is 0 Å². The Bertz CT molecular complexity index is 1550. The fourth-order valence-electron chi connectivity index (χ4n) is 6.59. The van der Waals surface area contributed by atoms with Crippen molar-refractivity contribution in [1.29, 1.82) is 0 Å². The van der Waals surface area contributed by atoms with Crippen molar-refractivity contribution in [1.82, 2.24) is 0 Å². The number of fused-ring (bicyclic) bond motifs is 3. The van der Waals surface area contributed by atoms with Gasteiger partial charge in [-0.15, -0.1) is 0 Å². The number of halogens is 1. The predicted octanol–water partition coefficient (Wildman–Crippen LogP) is 5.19. The quantitative estimate of drug-likeness (QED) is 0.300. The van der Waals surface area contributed by atoms with Crippen LogP contribution >= 0.6 is 15.9 Å². The fraction of sp³-hybridized carbons (Fsp3) is 0.290. The van der Waals surface area contributed by atoms with Crippen molar-refractivity contribution >= 4 is 45.0 Å². The minimum absolute atomic E-state index is 0.0247. The number of allylic oxidation sites excluding steroid dienone is 6. The zero-order chi connectivity index (χ0) is 27.6. The largest absolute Gasteiger partial charge is 0.504 e. The van der Waals surface area contributed by atoms with Gasteiger partial charge in [0.1, 0.15) is 0 Å². The van der Waals surface area contributed by atoms with E-state index < -0.39 is 23.7 Å². The number of imide groups is 1. The number of benzene rings is 2. The molecule has 0 aromatic heterocycles. The Balaban J connectivity index is 1.48. The molecule has 4 unspecified atom stereocenters. The standard InChI is InChI=1S/C31H26BrNO6/c1-3-39-25-13-16(4-11-23(25)34)26-19-9-10-20-27(21(19)14-22-28(26)24(35)12-15(2)29(22)36)31(38)33(30(20)37)18-7-5-17(32)6-8-18/h4-9,11-13,20-21,26-27,34H,3,10,14H2,1-2H3. The number of hydrogen-bond donors (Lipinski definition) is 1. The van der Waals surface area contributed by atoms with Gasteiger partial charge in [0.2, 0.25) is 11.8 Å². The highest BCUT2D eigenvalue weighted by Gasteiger charge is 2.56. The van der Waals surface area contributed by atoms with E-state index in [1.54, 1.807) is 43.3 Å². The third-order valence-electron chi connectivity index (χ3n) is 8.26. The number of ether oxygens (including phenoxy) is 1. The summed E-state index contributed by atoms with van der Waals surface area (Å²) in [4.78, 5) is 55.5. The zero-order valence-corrected chi connectivity index (χ0v) is 23.0. The van der Waals surface area contributed by atoms with Crippen LogP contribution in [-0.2, 0) is 19.2 Å². The number of carbonyl (C=O) groups excluding carboxylic acids is 4. The van der Waals surface area contributed by atoms with Crippen LogP contribution in [0, 0.1) is 17.8 Å². The maximum atomic E-state index is 13.9. The lowest BCUT2D eigenvalue weighted by atomic mass is 9.59. The normalized spacial score (nSPS) is 26.2. The molecule has 1 saturated heterocycles. The predicted molar refractivity (Wildman–Crippen MR) is 147 cm³/mol. The molecular weight excluding hydrogens is 562 g/mol. The molecule has 1 heterocycles. The molecule has 2 aromatic rings. The fourth-order valence-corrected chi connectivity index (χ4v) is 6.85. The second kappa shape index (κ2) is 9.45. The third-order valence-corrected chi connectivity index (χ3v) is 8.79. The summed E-state index contributed by atoms with van der Waals surface area (Å²) in [6, 6.07) is 12.0. The summed E-state index contributed by atoms with van der Waals surface area (Å²) >= 11 is 3.40. The highest BCUT2D eigenvalue weighted by atomic mass is 79.9. The molecule has 0 saturated carbocycles. The lowest BCUT2D eigenvalue weighted by molar-refractivity contribution is -0.123. The van der Waals surface area contributed by atoms with Crippen molar-refractivity contribution in [3.63, 3.8) is 0 Å². The SMILES string of the molecule is CCOc1cc(C2C3=CCC4C(=O)N(c5ccc(Br)cc5)C(=O)C4C3CC3=C2C(=O)C=C(C)C3=O)ccc1O. The van der Waals surface area contributed by atoms with Gasteiger partial charge >= 0.3 is 0 Å². The molecule has 0 spiro atoms.